The molecule has 0 N–H and O–H groups in total. The zero-order chi connectivity index (χ0) is 18.3. The van der Waals surface area contributed by atoms with Crippen molar-refractivity contribution < 1.29 is 22.6 Å². The van der Waals surface area contributed by atoms with Gasteiger partial charge >= 0.3 is 0 Å². The minimum Gasteiger partial charge on any atom is -0.488 e. The predicted molar refractivity (Wildman–Crippen MR) is 97.4 cm³/mol. The van der Waals surface area contributed by atoms with E-state index in [4.69, 9.17) is 14.2 Å². The molecule has 1 aliphatic heterocycles. The van der Waals surface area contributed by atoms with Gasteiger partial charge in [-0.2, -0.15) is 0 Å². The average molecular weight is 371 g/mol. The van der Waals surface area contributed by atoms with Gasteiger partial charge in [0.25, 0.3) is 0 Å². The zero-order valence-electron chi connectivity index (χ0n) is 15.3. The molecule has 0 radical (unpaired) electrons. The second-order valence-corrected chi connectivity index (χ2v) is 8.14. The number of hydrogen-bond acceptors (Lipinski definition) is 5. The first-order valence-electron chi connectivity index (χ1n) is 8.85. The van der Waals surface area contributed by atoms with E-state index in [9.17, 15) is 8.42 Å². The Kier molecular flexibility index (Phi) is 7.68. The summed E-state index contributed by atoms with van der Waals surface area (Å²) in [7, 11) is -3.07. The number of benzene rings is 1. The van der Waals surface area contributed by atoms with Crippen LogP contribution >= 0.6 is 0 Å². The highest BCUT2D eigenvalue weighted by molar-refractivity contribution is 7.88. The molecule has 1 aromatic carbocycles. The smallest absolute Gasteiger partial charge is 0.211 e. The second kappa shape index (κ2) is 9.52. The van der Waals surface area contributed by atoms with Gasteiger partial charge in [-0.3, -0.25) is 0 Å². The summed E-state index contributed by atoms with van der Waals surface area (Å²) in [6.45, 7) is 6.55. The van der Waals surface area contributed by atoms with Crippen molar-refractivity contribution in [3.63, 3.8) is 0 Å². The molecule has 7 heteroatoms. The van der Waals surface area contributed by atoms with Gasteiger partial charge in [0.05, 0.1) is 6.26 Å². The summed E-state index contributed by atoms with van der Waals surface area (Å²) in [6.07, 6.45) is 2.63. The molecule has 1 aromatic rings. The lowest BCUT2D eigenvalue weighted by Gasteiger charge is -2.30. The van der Waals surface area contributed by atoms with E-state index in [0.29, 0.717) is 38.8 Å². The molecule has 0 aliphatic carbocycles. The summed E-state index contributed by atoms with van der Waals surface area (Å²) in [5, 5.41) is 0. The topological polar surface area (TPSA) is 65.1 Å². The van der Waals surface area contributed by atoms with Gasteiger partial charge in [-0.15, -0.1) is 0 Å². The van der Waals surface area contributed by atoms with Gasteiger partial charge in [0.2, 0.25) is 10.0 Å². The van der Waals surface area contributed by atoms with E-state index >= 15 is 0 Å². The van der Waals surface area contributed by atoms with Gasteiger partial charge in [-0.25, -0.2) is 12.7 Å². The first-order valence-corrected chi connectivity index (χ1v) is 10.7. The Labute approximate surface area is 151 Å². The molecule has 0 aromatic heterocycles. The molecule has 0 atom stereocenters. The summed E-state index contributed by atoms with van der Waals surface area (Å²) in [4.78, 5) is 0. The average Bonchev–Trinajstić information content (AvgIpc) is 2.60. The normalized spacial score (nSPS) is 17.1. The van der Waals surface area contributed by atoms with Crippen LogP contribution in [0.3, 0.4) is 0 Å². The van der Waals surface area contributed by atoms with Crippen LogP contribution in [0.5, 0.6) is 5.75 Å². The monoisotopic (exact) mass is 371 g/mol. The molecular formula is C18H29NO5S. The molecule has 0 unspecified atom stereocenters. The van der Waals surface area contributed by atoms with E-state index in [-0.39, 0.29) is 6.29 Å². The zero-order valence-corrected chi connectivity index (χ0v) is 16.1. The van der Waals surface area contributed by atoms with Crippen molar-refractivity contribution >= 4 is 10.0 Å². The van der Waals surface area contributed by atoms with E-state index < -0.39 is 10.0 Å². The number of hydrogen-bond donors (Lipinski definition) is 0. The maximum Gasteiger partial charge on any atom is 0.211 e. The van der Waals surface area contributed by atoms with Crippen LogP contribution in [-0.2, 0) is 19.5 Å². The fourth-order valence-electron chi connectivity index (χ4n) is 3.04. The summed E-state index contributed by atoms with van der Waals surface area (Å²) in [5.41, 5.74) is 1.23. The highest BCUT2D eigenvalue weighted by Gasteiger charge is 2.25. The lowest BCUT2D eigenvalue weighted by Crippen LogP contribution is -2.37. The third-order valence-electron chi connectivity index (χ3n) is 4.37. The molecule has 1 aliphatic rings. The van der Waals surface area contributed by atoms with Crippen molar-refractivity contribution in [2.45, 2.75) is 38.9 Å². The summed E-state index contributed by atoms with van der Waals surface area (Å²) in [5.74, 6) is 1.17. The van der Waals surface area contributed by atoms with Gasteiger partial charge in [-0.05, 0) is 50.3 Å². The van der Waals surface area contributed by atoms with Crippen LogP contribution < -0.4 is 4.74 Å². The van der Waals surface area contributed by atoms with E-state index in [1.54, 1.807) is 4.31 Å². The van der Waals surface area contributed by atoms with Crippen LogP contribution in [-0.4, -0.2) is 58.2 Å². The Hall–Kier alpha value is -1.15. The van der Waals surface area contributed by atoms with E-state index in [1.807, 2.05) is 26.0 Å². The minimum atomic E-state index is -3.07. The Balaban J connectivity index is 1.86. The van der Waals surface area contributed by atoms with E-state index in [2.05, 4.69) is 12.1 Å². The van der Waals surface area contributed by atoms with Gasteiger partial charge in [-0.1, -0.05) is 12.1 Å². The van der Waals surface area contributed by atoms with Crippen LogP contribution in [0.1, 0.15) is 38.2 Å². The first kappa shape index (κ1) is 20.2. The van der Waals surface area contributed by atoms with Crippen molar-refractivity contribution in [3.05, 3.63) is 29.8 Å². The third kappa shape index (κ3) is 6.26. The molecular weight excluding hydrogens is 342 g/mol. The molecule has 0 bridgehead atoms. The second-order valence-electron chi connectivity index (χ2n) is 6.16. The standard InChI is InChI=1S/C18H29NO5S/c1-4-22-18(23-5-2)14-24-17-8-6-15(7-9-17)16-10-12-19(13-11-16)25(3,20)21/h6-9,16,18H,4-5,10-14H2,1-3H3. The molecule has 142 valence electrons. The van der Waals surface area contributed by atoms with Crippen molar-refractivity contribution in [1.82, 2.24) is 4.31 Å². The summed E-state index contributed by atoms with van der Waals surface area (Å²) >= 11 is 0. The first-order chi connectivity index (χ1) is 11.9. The molecule has 1 fully saturated rings. The number of piperidine rings is 1. The van der Waals surface area contributed by atoms with Crippen LogP contribution in [0.4, 0.5) is 0 Å². The lowest BCUT2D eigenvalue weighted by molar-refractivity contribution is -0.152. The van der Waals surface area contributed by atoms with Gasteiger partial charge in [0.15, 0.2) is 6.29 Å². The molecule has 1 saturated heterocycles. The number of nitrogens with zero attached hydrogens (tertiary/aromatic N) is 1. The Bertz CT molecular complexity index is 603. The quantitative estimate of drug-likeness (QED) is 0.624. The Morgan fingerprint density at radius 1 is 1.08 bits per heavy atom. The Morgan fingerprint density at radius 2 is 1.64 bits per heavy atom. The van der Waals surface area contributed by atoms with Crippen LogP contribution in [0, 0.1) is 0 Å². The lowest BCUT2D eigenvalue weighted by atomic mass is 9.90. The van der Waals surface area contributed by atoms with Crippen molar-refractivity contribution in [1.29, 1.82) is 0 Å². The van der Waals surface area contributed by atoms with Crippen molar-refractivity contribution in [2.75, 3.05) is 39.2 Å². The van der Waals surface area contributed by atoms with E-state index in [0.717, 1.165) is 18.6 Å². The van der Waals surface area contributed by atoms with Crippen molar-refractivity contribution in [3.8, 4) is 5.75 Å². The van der Waals surface area contributed by atoms with Gasteiger partial charge < -0.3 is 14.2 Å². The molecule has 6 nitrogen and oxygen atoms in total. The molecule has 0 amide bonds. The fourth-order valence-corrected chi connectivity index (χ4v) is 3.91. The van der Waals surface area contributed by atoms with Crippen molar-refractivity contribution in [2.24, 2.45) is 0 Å². The number of rotatable bonds is 9. The molecule has 0 spiro atoms. The number of sulfonamides is 1. The fraction of sp³-hybridized carbons (Fsp3) is 0.667. The SMILES string of the molecule is CCOC(COc1ccc(C2CCN(S(C)(=O)=O)CC2)cc1)OCC. The van der Waals surface area contributed by atoms with Crippen LogP contribution in [0.15, 0.2) is 24.3 Å². The van der Waals surface area contributed by atoms with Gasteiger partial charge in [0.1, 0.15) is 12.4 Å². The summed E-state index contributed by atoms with van der Waals surface area (Å²) in [6, 6.07) is 8.03. The minimum absolute atomic E-state index is 0.352. The highest BCUT2D eigenvalue weighted by atomic mass is 32.2. The predicted octanol–water partition coefficient (Wildman–Crippen LogP) is 2.60. The summed E-state index contributed by atoms with van der Waals surface area (Å²) < 4.78 is 41.4. The molecule has 0 saturated carbocycles. The Morgan fingerprint density at radius 3 is 2.12 bits per heavy atom. The third-order valence-corrected chi connectivity index (χ3v) is 5.67. The molecule has 2 rings (SSSR count). The maximum atomic E-state index is 11.6. The van der Waals surface area contributed by atoms with E-state index in [1.165, 1.54) is 11.8 Å². The molecule has 25 heavy (non-hydrogen) atoms. The number of ether oxygens (including phenoxy) is 3. The van der Waals surface area contributed by atoms with Gasteiger partial charge in [0, 0.05) is 26.3 Å². The maximum absolute atomic E-state index is 11.6. The van der Waals surface area contributed by atoms with Crippen LogP contribution in [0.2, 0.25) is 0 Å². The largest absolute Gasteiger partial charge is 0.488 e. The van der Waals surface area contributed by atoms with Crippen LogP contribution in [0.25, 0.3) is 0 Å². The molecule has 1 heterocycles. The highest BCUT2D eigenvalue weighted by Crippen LogP contribution is 2.30.